The number of nitrogens with two attached hydrogens (primary N) is 1. The number of piperidine rings is 1. The average Bonchev–Trinajstić information content (AvgIpc) is 2.75. The molecule has 7 heteroatoms. The molecule has 1 aromatic rings. The monoisotopic (exact) mass is 406 g/mol. The first-order chi connectivity index (χ1) is 14.0. The second-order valence-electron chi connectivity index (χ2n) is 7.44. The van der Waals surface area contributed by atoms with Gasteiger partial charge in [-0.3, -0.25) is 9.59 Å². The van der Waals surface area contributed by atoms with E-state index in [1.54, 1.807) is 12.0 Å². The SMILES string of the molecule is CCCC[C@](OCCc1ccccc1)(C(N)=O)C(=O)N1CCC(OCOC)CC1. The molecule has 2 N–H and O–H groups in total. The Bertz CT molecular complexity index is 631. The van der Waals surface area contributed by atoms with E-state index in [1.165, 1.54) is 0 Å². The average molecular weight is 407 g/mol. The van der Waals surface area contributed by atoms with Crippen molar-refractivity contribution in [3.63, 3.8) is 0 Å². The lowest BCUT2D eigenvalue weighted by atomic mass is 9.92. The molecule has 1 fully saturated rings. The van der Waals surface area contributed by atoms with Gasteiger partial charge < -0.3 is 24.8 Å². The number of unbranched alkanes of at least 4 members (excludes halogenated alkanes) is 1. The fourth-order valence-electron chi connectivity index (χ4n) is 3.60. The number of methoxy groups -OCH3 is 1. The highest BCUT2D eigenvalue weighted by atomic mass is 16.7. The molecule has 1 aliphatic rings. The first kappa shape index (κ1) is 23.3. The third-order valence-electron chi connectivity index (χ3n) is 5.36. The molecule has 2 amide bonds. The number of hydrogen-bond acceptors (Lipinski definition) is 5. The van der Waals surface area contributed by atoms with Crippen molar-refractivity contribution in [2.75, 3.05) is 33.6 Å². The van der Waals surface area contributed by atoms with Crippen LogP contribution in [0.2, 0.25) is 0 Å². The standard InChI is InChI=1S/C22H34N2O5/c1-3-4-13-22(20(23)25,29-16-12-18-8-6-5-7-9-18)21(26)24-14-10-19(11-15-24)28-17-27-2/h5-9,19H,3-4,10-17H2,1-2H3,(H2,23,25)/t22-/m0/s1. The predicted molar refractivity (Wildman–Crippen MR) is 110 cm³/mol. The normalized spacial score (nSPS) is 17.1. The molecular formula is C22H34N2O5. The molecule has 0 saturated carbocycles. The van der Waals surface area contributed by atoms with E-state index in [0.717, 1.165) is 12.0 Å². The van der Waals surface area contributed by atoms with Gasteiger partial charge in [0.05, 0.1) is 12.7 Å². The minimum absolute atomic E-state index is 0.0524. The van der Waals surface area contributed by atoms with E-state index >= 15 is 0 Å². The first-order valence-electron chi connectivity index (χ1n) is 10.4. The first-order valence-corrected chi connectivity index (χ1v) is 10.4. The van der Waals surface area contributed by atoms with E-state index in [4.69, 9.17) is 19.9 Å². The number of ether oxygens (including phenoxy) is 3. The lowest BCUT2D eigenvalue weighted by molar-refractivity contribution is -0.170. The Morgan fingerprint density at radius 2 is 1.90 bits per heavy atom. The largest absolute Gasteiger partial charge is 0.367 e. The minimum Gasteiger partial charge on any atom is -0.367 e. The maximum atomic E-state index is 13.4. The van der Waals surface area contributed by atoms with Crippen LogP contribution in [0.3, 0.4) is 0 Å². The number of likely N-dealkylation sites (tertiary alicyclic amines) is 1. The second kappa shape index (κ2) is 11.9. The molecule has 0 unspecified atom stereocenters. The topological polar surface area (TPSA) is 91.1 Å². The van der Waals surface area contributed by atoms with Gasteiger partial charge >= 0.3 is 0 Å². The Balaban J connectivity index is 2.05. The zero-order valence-electron chi connectivity index (χ0n) is 17.6. The highest BCUT2D eigenvalue weighted by molar-refractivity contribution is 6.07. The van der Waals surface area contributed by atoms with Crippen molar-refractivity contribution in [2.45, 2.75) is 57.2 Å². The smallest absolute Gasteiger partial charge is 0.264 e. The summed E-state index contributed by atoms with van der Waals surface area (Å²) in [5, 5.41) is 0. The molecule has 0 radical (unpaired) electrons. The summed E-state index contributed by atoms with van der Waals surface area (Å²) in [6.45, 7) is 3.53. The van der Waals surface area contributed by atoms with Crippen molar-refractivity contribution in [3.8, 4) is 0 Å². The van der Waals surface area contributed by atoms with Gasteiger partial charge in [0.15, 0.2) is 0 Å². The van der Waals surface area contributed by atoms with E-state index in [2.05, 4.69) is 0 Å². The number of carbonyl (C=O) groups excluding carboxylic acids is 2. The van der Waals surface area contributed by atoms with E-state index in [0.29, 0.717) is 45.2 Å². The lowest BCUT2D eigenvalue weighted by Crippen LogP contribution is -2.60. The van der Waals surface area contributed by atoms with E-state index in [1.807, 2.05) is 37.3 Å². The Hall–Kier alpha value is -1.96. The number of nitrogens with zero attached hydrogens (tertiary/aromatic N) is 1. The van der Waals surface area contributed by atoms with Crippen LogP contribution in [0.15, 0.2) is 30.3 Å². The van der Waals surface area contributed by atoms with Crippen LogP contribution in [0.5, 0.6) is 0 Å². The lowest BCUT2D eigenvalue weighted by Gasteiger charge is -2.38. The molecule has 0 aliphatic carbocycles. The molecular weight excluding hydrogens is 372 g/mol. The number of primary amides is 1. The van der Waals surface area contributed by atoms with Crippen LogP contribution in [0.4, 0.5) is 0 Å². The molecule has 1 atom stereocenters. The fraction of sp³-hybridized carbons (Fsp3) is 0.636. The zero-order valence-corrected chi connectivity index (χ0v) is 17.6. The molecule has 162 valence electrons. The van der Waals surface area contributed by atoms with Crippen molar-refractivity contribution in [2.24, 2.45) is 5.73 Å². The molecule has 1 aliphatic heterocycles. The quantitative estimate of drug-likeness (QED) is 0.425. The molecule has 0 bridgehead atoms. The van der Waals surface area contributed by atoms with Crippen molar-refractivity contribution in [1.82, 2.24) is 4.90 Å². The Morgan fingerprint density at radius 3 is 2.48 bits per heavy atom. The molecule has 1 aromatic carbocycles. The van der Waals surface area contributed by atoms with Crippen molar-refractivity contribution in [1.29, 1.82) is 0 Å². The summed E-state index contributed by atoms with van der Waals surface area (Å²) in [7, 11) is 1.58. The van der Waals surface area contributed by atoms with E-state index in [-0.39, 0.29) is 25.4 Å². The maximum absolute atomic E-state index is 13.4. The van der Waals surface area contributed by atoms with Gasteiger partial charge in [-0.1, -0.05) is 43.7 Å². The molecule has 1 heterocycles. The van der Waals surface area contributed by atoms with Gasteiger partial charge in [0.2, 0.25) is 5.60 Å². The van der Waals surface area contributed by atoms with Crippen LogP contribution in [0, 0.1) is 0 Å². The number of benzene rings is 1. The number of amides is 2. The van der Waals surface area contributed by atoms with E-state index in [9.17, 15) is 9.59 Å². The molecule has 2 rings (SSSR count). The summed E-state index contributed by atoms with van der Waals surface area (Å²) in [6, 6.07) is 9.84. The van der Waals surface area contributed by atoms with Crippen molar-refractivity contribution >= 4 is 11.8 Å². The summed E-state index contributed by atoms with van der Waals surface area (Å²) in [5.41, 5.74) is 5.22. The Morgan fingerprint density at radius 1 is 1.21 bits per heavy atom. The molecule has 7 nitrogen and oxygen atoms in total. The third kappa shape index (κ3) is 6.52. The fourth-order valence-corrected chi connectivity index (χ4v) is 3.60. The van der Waals surface area contributed by atoms with Crippen LogP contribution in [-0.2, 0) is 30.2 Å². The Labute approximate surface area is 173 Å². The number of carbonyl (C=O) groups is 2. The van der Waals surface area contributed by atoms with Crippen LogP contribution in [0.1, 0.15) is 44.6 Å². The van der Waals surface area contributed by atoms with E-state index < -0.39 is 11.5 Å². The predicted octanol–water partition coefficient (Wildman–Crippen LogP) is 2.27. The highest BCUT2D eigenvalue weighted by Gasteiger charge is 2.48. The van der Waals surface area contributed by atoms with Crippen LogP contribution in [-0.4, -0.2) is 62.0 Å². The number of rotatable bonds is 12. The third-order valence-corrected chi connectivity index (χ3v) is 5.36. The molecule has 0 aromatic heterocycles. The van der Waals surface area contributed by atoms with Crippen LogP contribution in [0.25, 0.3) is 0 Å². The number of hydrogen-bond donors (Lipinski definition) is 1. The zero-order chi connectivity index (χ0) is 21.1. The van der Waals surface area contributed by atoms with Crippen LogP contribution < -0.4 is 5.73 Å². The summed E-state index contributed by atoms with van der Waals surface area (Å²) >= 11 is 0. The van der Waals surface area contributed by atoms with Crippen LogP contribution >= 0.6 is 0 Å². The summed E-state index contributed by atoms with van der Waals surface area (Å²) in [5.74, 6) is -1.03. The van der Waals surface area contributed by atoms with Crippen molar-refractivity contribution in [3.05, 3.63) is 35.9 Å². The second-order valence-corrected chi connectivity index (χ2v) is 7.44. The molecule has 1 saturated heterocycles. The molecule has 0 spiro atoms. The van der Waals surface area contributed by atoms with Gasteiger partial charge in [0.1, 0.15) is 6.79 Å². The van der Waals surface area contributed by atoms with Crippen molar-refractivity contribution < 1.29 is 23.8 Å². The highest BCUT2D eigenvalue weighted by Crippen LogP contribution is 2.26. The summed E-state index contributed by atoms with van der Waals surface area (Å²) in [6.07, 6.45) is 3.89. The van der Waals surface area contributed by atoms with Gasteiger partial charge in [0, 0.05) is 20.2 Å². The van der Waals surface area contributed by atoms with Gasteiger partial charge in [0.25, 0.3) is 11.8 Å². The summed E-state index contributed by atoms with van der Waals surface area (Å²) < 4.78 is 16.5. The Kier molecular flexibility index (Phi) is 9.57. The minimum atomic E-state index is -1.61. The van der Waals surface area contributed by atoms with Gasteiger partial charge in [-0.15, -0.1) is 0 Å². The van der Waals surface area contributed by atoms with Gasteiger partial charge in [-0.25, -0.2) is 0 Å². The van der Waals surface area contributed by atoms with Gasteiger partial charge in [-0.05, 0) is 37.7 Å². The van der Waals surface area contributed by atoms with Gasteiger partial charge in [-0.2, -0.15) is 0 Å². The maximum Gasteiger partial charge on any atom is 0.264 e. The summed E-state index contributed by atoms with van der Waals surface area (Å²) in [4.78, 5) is 27.5. The molecule has 29 heavy (non-hydrogen) atoms.